The van der Waals surface area contributed by atoms with E-state index in [2.05, 4.69) is 25.9 Å². The molecule has 0 saturated carbocycles. The minimum atomic E-state index is -0.101. The zero-order valence-electron chi connectivity index (χ0n) is 12.8. The fourth-order valence-corrected chi connectivity index (χ4v) is 3.93. The molecule has 4 aromatic rings. The lowest BCUT2D eigenvalue weighted by atomic mass is 10.1. The summed E-state index contributed by atoms with van der Waals surface area (Å²) in [6.07, 6.45) is 0. The van der Waals surface area contributed by atoms with Crippen LogP contribution in [0.2, 0.25) is 0 Å². The SMILES string of the molecule is Cc1cccc(-c2nc3scc(-c4ccc(Br)cc4)c3c(=O)[nH]2)c1. The van der Waals surface area contributed by atoms with Crippen molar-refractivity contribution in [2.24, 2.45) is 0 Å². The summed E-state index contributed by atoms with van der Waals surface area (Å²) < 4.78 is 1.01. The van der Waals surface area contributed by atoms with Gasteiger partial charge in [-0.3, -0.25) is 4.79 Å². The summed E-state index contributed by atoms with van der Waals surface area (Å²) in [5.74, 6) is 0.611. The van der Waals surface area contributed by atoms with Gasteiger partial charge in [0, 0.05) is 21.0 Å². The molecule has 0 saturated heterocycles. The molecule has 2 heterocycles. The normalized spacial score (nSPS) is 11.1. The van der Waals surface area contributed by atoms with E-state index >= 15 is 0 Å². The van der Waals surface area contributed by atoms with Crippen LogP contribution < -0.4 is 5.56 Å². The number of hydrogen-bond acceptors (Lipinski definition) is 3. The number of halogens is 1. The molecular weight excluding hydrogens is 384 g/mol. The largest absolute Gasteiger partial charge is 0.306 e. The highest BCUT2D eigenvalue weighted by molar-refractivity contribution is 9.10. The van der Waals surface area contributed by atoms with Gasteiger partial charge in [0.15, 0.2) is 0 Å². The molecule has 1 N–H and O–H groups in total. The predicted octanol–water partition coefficient (Wildman–Crippen LogP) is 5.39. The molecule has 0 unspecified atom stereocenters. The summed E-state index contributed by atoms with van der Waals surface area (Å²) in [6, 6.07) is 15.9. The number of aryl methyl sites for hydroxylation is 1. The minimum absolute atomic E-state index is 0.101. The van der Waals surface area contributed by atoms with Gasteiger partial charge in [0.1, 0.15) is 10.7 Å². The Labute approximate surface area is 151 Å². The first-order chi connectivity index (χ1) is 11.6. The monoisotopic (exact) mass is 396 g/mol. The first-order valence-corrected chi connectivity index (χ1v) is 9.13. The molecule has 0 aliphatic carbocycles. The van der Waals surface area contributed by atoms with E-state index in [0.717, 1.165) is 31.6 Å². The van der Waals surface area contributed by atoms with Crippen LogP contribution in [0.25, 0.3) is 32.7 Å². The van der Waals surface area contributed by atoms with Gasteiger partial charge in [-0.15, -0.1) is 11.3 Å². The van der Waals surface area contributed by atoms with E-state index < -0.39 is 0 Å². The molecule has 0 atom stereocenters. The van der Waals surface area contributed by atoms with Gasteiger partial charge in [-0.2, -0.15) is 0 Å². The number of aromatic amines is 1. The highest BCUT2D eigenvalue weighted by Crippen LogP contribution is 2.32. The van der Waals surface area contributed by atoms with Gasteiger partial charge in [-0.25, -0.2) is 4.98 Å². The molecule has 0 fully saturated rings. The molecule has 118 valence electrons. The number of thiophene rings is 1. The minimum Gasteiger partial charge on any atom is -0.306 e. The number of nitrogens with one attached hydrogen (secondary N) is 1. The average Bonchev–Trinajstić information content (AvgIpc) is 3.00. The molecule has 0 amide bonds. The number of H-pyrrole nitrogens is 1. The van der Waals surface area contributed by atoms with Crippen LogP contribution in [0.3, 0.4) is 0 Å². The maximum atomic E-state index is 12.7. The van der Waals surface area contributed by atoms with Crippen LogP contribution >= 0.6 is 27.3 Å². The van der Waals surface area contributed by atoms with Crippen LogP contribution in [0.1, 0.15) is 5.56 Å². The Bertz CT molecular complexity index is 1100. The average molecular weight is 397 g/mol. The topological polar surface area (TPSA) is 45.8 Å². The lowest BCUT2D eigenvalue weighted by molar-refractivity contribution is 1.19. The fourth-order valence-electron chi connectivity index (χ4n) is 2.72. The molecule has 5 heteroatoms. The van der Waals surface area contributed by atoms with Crippen LogP contribution in [0.15, 0.2) is 63.2 Å². The molecule has 0 aliphatic rings. The van der Waals surface area contributed by atoms with Crippen LogP contribution in [0.4, 0.5) is 0 Å². The first-order valence-electron chi connectivity index (χ1n) is 7.46. The third-order valence-corrected chi connectivity index (χ3v) is 5.29. The highest BCUT2D eigenvalue weighted by Gasteiger charge is 2.13. The lowest BCUT2D eigenvalue weighted by Crippen LogP contribution is -2.09. The number of nitrogens with zero attached hydrogens (tertiary/aromatic N) is 1. The molecule has 3 nitrogen and oxygen atoms in total. The van der Waals surface area contributed by atoms with Crippen molar-refractivity contribution >= 4 is 37.5 Å². The van der Waals surface area contributed by atoms with Gasteiger partial charge < -0.3 is 4.98 Å². The van der Waals surface area contributed by atoms with E-state index in [1.54, 1.807) is 0 Å². The lowest BCUT2D eigenvalue weighted by Gasteiger charge is -2.03. The fraction of sp³-hybridized carbons (Fsp3) is 0.0526. The quantitative estimate of drug-likeness (QED) is 0.493. The number of benzene rings is 2. The Morgan fingerprint density at radius 3 is 2.62 bits per heavy atom. The Morgan fingerprint density at radius 2 is 1.88 bits per heavy atom. The van der Waals surface area contributed by atoms with Crippen molar-refractivity contribution in [3.63, 3.8) is 0 Å². The standard InChI is InChI=1S/C19H13BrN2OS/c1-11-3-2-4-13(9-11)17-21-18(23)16-15(10-24-19(16)22-17)12-5-7-14(20)8-6-12/h2-10H,1H3,(H,21,22,23). The van der Waals surface area contributed by atoms with E-state index in [9.17, 15) is 4.79 Å². The molecule has 4 rings (SSSR count). The molecule has 2 aromatic heterocycles. The van der Waals surface area contributed by atoms with Gasteiger partial charge in [0.25, 0.3) is 5.56 Å². The zero-order valence-corrected chi connectivity index (χ0v) is 15.2. The Morgan fingerprint density at radius 1 is 1.08 bits per heavy atom. The van der Waals surface area contributed by atoms with E-state index in [1.165, 1.54) is 11.3 Å². The predicted molar refractivity (Wildman–Crippen MR) is 104 cm³/mol. The summed E-state index contributed by atoms with van der Waals surface area (Å²) in [5.41, 5.74) is 3.90. The van der Waals surface area contributed by atoms with Crippen molar-refractivity contribution in [3.05, 3.63) is 74.3 Å². The number of hydrogen-bond donors (Lipinski definition) is 1. The number of aromatic nitrogens is 2. The van der Waals surface area contributed by atoms with Crippen molar-refractivity contribution in [1.82, 2.24) is 9.97 Å². The van der Waals surface area contributed by atoms with E-state index in [-0.39, 0.29) is 5.56 Å². The molecule has 0 spiro atoms. The van der Waals surface area contributed by atoms with Gasteiger partial charge in [-0.05, 0) is 30.7 Å². The second kappa shape index (κ2) is 6.00. The van der Waals surface area contributed by atoms with Crippen molar-refractivity contribution in [2.75, 3.05) is 0 Å². The summed E-state index contributed by atoms with van der Waals surface area (Å²) >= 11 is 4.93. The van der Waals surface area contributed by atoms with E-state index in [0.29, 0.717) is 11.2 Å². The zero-order chi connectivity index (χ0) is 16.7. The summed E-state index contributed by atoms with van der Waals surface area (Å²) in [7, 11) is 0. The van der Waals surface area contributed by atoms with Gasteiger partial charge in [0.2, 0.25) is 0 Å². The molecule has 2 aromatic carbocycles. The van der Waals surface area contributed by atoms with Crippen LogP contribution in [0, 0.1) is 6.92 Å². The van der Waals surface area contributed by atoms with E-state index in [4.69, 9.17) is 0 Å². The van der Waals surface area contributed by atoms with Crippen molar-refractivity contribution in [1.29, 1.82) is 0 Å². The Hall–Kier alpha value is -2.24. The Balaban J connectivity index is 1.90. The molecular formula is C19H13BrN2OS. The second-order valence-electron chi connectivity index (χ2n) is 5.62. The highest BCUT2D eigenvalue weighted by atomic mass is 79.9. The number of fused-ring (bicyclic) bond motifs is 1. The second-order valence-corrected chi connectivity index (χ2v) is 7.39. The van der Waals surface area contributed by atoms with Crippen LogP contribution in [0.5, 0.6) is 0 Å². The van der Waals surface area contributed by atoms with Crippen LogP contribution in [-0.4, -0.2) is 9.97 Å². The summed E-state index contributed by atoms with van der Waals surface area (Å²) in [4.78, 5) is 21.0. The van der Waals surface area contributed by atoms with Gasteiger partial charge in [0.05, 0.1) is 5.39 Å². The number of rotatable bonds is 2. The van der Waals surface area contributed by atoms with Gasteiger partial charge in [-0.1, -0.05) is 51.8 Å². The molecule has 0 radical (unpaired) electrons. The third-order valence-electron chi connectivity index (χ3n) is 3.89. The molecule has 0 bridgehead atoms. The Kier molecular flexibility index (Phi) is 3.82. The maximum Gasteiger partial charge on any atom is 0.260 e. The van der Waals surface area contributed by atoms with Crippen molar-refractivity contribution < 1.29 is 0 Å². The smallest absolute Gasteiger partial charge is 0.260 e. The summed E-state index contributed by atoms with van der Waals surface area (Å²) in [5, 5.41) is 2.65. The van der Waals surface area contributed by atoms with E-state index in [1.807, 2.05) is 60.8 Å². The molecule has 0 aliphatic heterocycles. The van der Waals surface area contributed by atoms with Crippen molar-refractivity contribution in [3.8, 4) is 22.5 Å². The maximum absolute atomic E-state index is 12.7. The van der Waals surface area contributed by atoms with Crippen molar-refractivity contribution in [2.45, 2.75) is 6.92 Å². The van der Waals surface area contributed by atoms with Crippen LogP contribution in [-0.2, 0) is 0 Å². The van der Waals surface area contributed by atoms with Gasteiger partial charge >= 0.3 is 0 Å². The molecule has 24 heavy (non-hydrogen) atoms. The third kappa shape index (κ3) is 2.70. The first kappa shape index (κ1) is 15.3. The summed E-state index contributed by atoms with van der Waals surface area (Å²) in [6.45, 7) is 2.02.